The first kappa shape index (κ1) is 22.8. The molecule has 0 aliphatic rings. The number of nitrogens with one attached hydrogen (secondary N) is 2. The summed E-state index contributed by atoms with van der Waals surface area (Å²) in [5.41, 5.74) is 1.07. The van der Waals surface area contributed by atoms with Gasteiger partial charge in [-0.2, -0.15) is 0 Å². The number of rotatable bonds is 8. The van der Waals surface area contributed by atoms with E-state index in [2.05, 4.69) is 24.5 Å². The molecule has 0 bridgehead atoms. The van der Waals surface area contributed by atoms with E-state index in [1.807, 2.05) is 20.8 Å². The minimum Gasteiger partial charge on any atom is -0.465 e. The molecule has 0 saturated carbocycles. The highest BCUT2D eigenvalue weighted by Gasteiger charge is 2.20. The number of hydrogen-bond donors (Lipinski definition) is 3. The fraction of sp³-hybridized carbons (Fsp3) is 0.600. The molecular formula is C20H32N2O5. The van der Waals surface area contributed by atoms with Crippen molar-refractivity contribution in [3.8, 4) is 0 Å². The van der Waals surface area contributed by atoms with Gasteiger partial charge in [0, 0.05) is 18.8 Å². The Morgan fingerprint density at radius 1 is 1.15 bits per heavy atom. The van der Waals surface area contributed by atoms with Gasteiger partial charge in [-0.25, -0.2) is 9.59 Å². The van der Waals surface area contributed by atoms with E-state index < -0.39 is 17.7 Å². The molecule has 1 aromatic carbocycles. The summed E-state index contributed by atoms with van der Waals surface area (Å²) in [5.74, 6) is -0.473. The normalized spacial score (nSPS) is 11.7. The van der Waals surface area contributed by atoms with E-state index >= 15 is 0 Å². The molecule has 3 N–H and O–H groups in total. The number of carbonyl (C=O) groups is 2. The van der Waals surface area contributed by atoms with Gasteiger partial charge in [-0.05, 0) is 56.4 Å². The highest BCUT2D eigenvalue weighted by Crippen LogP contribution is 2.23. The third-order valence-electron chi connectivity index (χ3n) is 3.92. The molecule has 0 radical (unpaired) electrons. The Morgan fingerprint density at radius 3 is 2.37 bits per heavy atom. The van der Waals surface area contributed by atoms with Gasteiger partial charge >= 0.3 is 12.1 Å². The van der Waals surface area contributed by atoms with Crippen LogP contribution >= 0.6 is 0 Å². The van der Waals surface area contributed by atoms with Gasteiger partial charge in [0.05, 0.1) is 19.3 Å². The third-order valence-corrected chi connectivity index (χ3v) is 3.92. The monoisotopic (exact) mass is 380 g/mol. The molecule has 7 heteroatoms. The third kappa shape index (κ3) is 8.30. The smallest absolute Gasteiger partial charge is 0.407 e. The van der Waals surface area contributed by atoms with E-state index in [9.17, 15) is 14.7 Å². The SMILES string of the molecule is COC(=O)c1ccc(NCC(C)(C)CCNC(=O)OC(C)(C)C)cc1CO. The summed E-state index contributed by atoms with van der Waals surface area (Å²) >= 11 is 0. The maximum Gasteiger partial charge on any atom is 0.407 e. The molecule has 0 heterocycles. The summed E-state index contributed by atoms with van der Waals surface area (Å²) in [6, 6.07) is 5.15. The number of aliphatic hydroxyl groups excluding tert-OH is 1. The highest BCUT2D eigenvalue weighted by atomic mass is 16.6. The minimum atomic E-state index is -0.512. The molecule has 7 nitrogen and oxygen atoms in total. The Kier molecular flexibility index (Phi) is 8.09. The minimum absolute atomic E-state index is 0.0879. The molecule has 152 valence electrons. The van der Waals surface area contributed by atoms with Gasteiger partial charge in [-0.15, -0.1) is 0 Å². The van der Waals surface area contributed by atoms with Crippen molar-refractivity contribution in [3.63, 3.8) is 0 Å². The topological polar surface area (TPSA) is 96.9 Å². The number of carbonyl (C=O) groups excluding carboxylic acids is 2. The second-order valence-electron chi connectivity index (χ2n) is 8.22. The van der Waals surface area contributed by atoms with Crippen LogP contribution in [0, 0.1) is 5.41 Å². The first-order chi connectivity index (χ1) is 12.5. The Morgan fingerprint density at radius 2 is 1.81 bits per heavy atom. The van der Waals surface area contributed by atoms with Crippen molar-refractivity contribution in [1.29, 1.82) is 0 Å². The molecule has 0 fully saturated rings. The lowest BCUT2D eigenvalue weighted by Gasteiger charge is -2.26. The number of methoxy groups -OCH3 is 1. The Labute approximate surface area is 161 Å². The van der Waals surface area contributed by atoms with Gasteiger partial charge in [0.15, 0.2) is 0 Å². The van der Waals surface area contributed by atoms with Gasteiger partial charge in [0.25, 0.3) is 0 Å². The maximum absolute atomic E-state index is 11.7. The van der Waals surface area contributed by atoms with Crippen LogP contribution in [0.5, 0.6) is 0 Å². The number of alkyl carbamates (subject to hydrolysis) is 1. The predicted molar refractivity (Wildman–Crippen MR) is 105 cm³/mol. The molecule has 0 aliphatic carbocycles. The van der Waals surface area contributed by atoms with Crippen LogP contribution in [0.4, 0.5) is 10.5 Å². The van der Waals surface area contributed by atoms with Crippen molar-refractivity contribution in [3.05, 3.63) is 29.3 Å². The number of benzene rings is 1. The number of ether oxygens (including phenoxy) is 2. The molecule has 1 amide bonds. The van der Waals surface area contributed by atoms with E-state index in [1.54, 1.807) is 18.2 Å². The Hall–Kier alpha value is -2.28. The zero-order valence-electron chi connectivity index (χ0n) is 17.1. The zero-order valence-corrected chi connectivity index (χ0v) is 17.1. The first-order valence-electron chi connectivity index (χ1n) is 9.00. The van der Waals surface area contributed by atoms with Crippen molar-refractivity contribution in [2.75, 3.05) is 25.5 Å². The van der Waals surface area contributed by atoms with E-state index in [-0.39, 0.29) is 12.0 Å². The van der Waals surface area contributed by atoms with Crippen molar-refractivity contribution < 1.29 is 24.2 Å². The van der Waals surface area contributed by atoms with Crippen LogP contribution < -0.4 is 10.6 Å². The van der Waals surface area contributed by atoms with Crippen LogP contribution in [-0.2, 0) is 16.1 Å². The molecule has 0 spiro atoms. The summed E-state index contributed by atoms with van der Waals surface area (Å²) < 4.78 is 9.93. The first-order valence-corrected chi connectivity index (χ1v) is 9.00. The highest BCUT2D eigenvalue weighted by molar-refractivity contribution is 5.91. The molecule has 27 heavy (non-hydrogen) atoms. The van der Waals surface area contributed by atoms with E-state index in [0.29, 0.717) is 24.2 Å². The molecule has 0 unspecified atom stereocenters. The van der Waals surface area contributed by atoms with Gasteiger partial charge in [-0.3, -0.25) is 0 Å². The molecule has 0 aliphatic heterocycles. The van der Waals surface area contributed by atoms with Crippen LogP contribution in [0.3, 0.4) is 0 Å². The lowest BCUT2D eigenvalue weighted by molar-refractivity contribution is 0.0521. The summed E-state index contributed by atoms with van der Waals surface area (Å²) in [5, 5.41) is 15.6. The summed E-state index contributed by atoms with van der Waals surface area (Å²) in [6.45, 7) is 10.6. The average molecular weight is 380 g/mol. The standard InChI is InChI=1S/C20H32N2O5/c1-19(2,3)27-18(25)21-10-9-20(4,5)13-22-15-7-8-16(17(24)26-6)14(11-15)12-23/h7-8,11,22-23H,9-10,12-13H2,1-6H3,(H,21,25). The van der Waals surface area contributed by atoms with Crippen molar-refractivity contribution in [2.24, 2.45) is 5.41 Å². The van der Waals surface area contributed by atoms with Gasteiger partial charge in [-0.1, -0.05) is 13.8 Å². The van der Waals surface area contributed by atoms with E-state index in [4.69, 9.17) is 9.47 Å². The van der Waals surface area contributed by atoms with E-state index in [0.717, 1.165) is 12.1 Å². The molecule has 1 rings (SSSR count). The Balaban J connectivity index is 2.56. The molecular weight excluding hydrogens is 348 g/mol. The second kappa shape index (κ2) is 9.60. The number of esters is 1. The van der Waals surface area contributed by atoms with Crippen LogP contribution in [0.25, 0.3) is 0 Å². The van der Waals surface area contributed by atoms with Crippen LogP contribution in [-0.4, -0.2) is 43.0 Å². The Bertz CT molecular complexity index is 650. The maximum atomic E-state index is 11.7. The predicted octanol–water partition coefficient (Wildman–Crippen LogP) is 3.32. The number of amides is 1. The molecule has 1 aromatic rings. The van der Waals surface area contributed by atoms with Crippen molar-refractivity contribution in [1.82, 2.24) is 5.32 Å². The fourth-order valence-corrected chi connectivity index (χ4v) is 2.39. The van der Waals surface area contributed by atoms with E-state index in [1.165, 1.54) is 7.11 Å². The number of hydrogen-bond acceptors (Lipinski definition) is 6. The summed E-state index contributed by atoms with van der Waals surface area (Å²) in [7, 11) is 1.31. The number of aliphatic hydroxyl groups is 1. The van der Waals surface area contributed by atoms with Crippen molar-refractivity contribution in [2.45, 2.75) is 53.2 Å². The second-order valence-corrected chi connectivity index (χ2v) is 8.22. The van der Waals surface area contributed by atoms with Crippen molar-refractivity contribution >= 4 is 17.7 Å². The quantitative estimate of drug-likeness (QED) is 0.599. The lowest BCUT2D eigenvalue weighted by atomic mass is 9.89. The largest absolute Gasteiger partial charge is 0.465 e. The van der Waals surface area contributed by atoms with Gasteiger partial charge < -0.3 is 25.2 Å². The summed E-state index contributed by atoms with van der Waals surface area (Å²) in [4.78, 5) is 23.4. The molecule has 0 saturated heterocycles. The van der Waals surface area contributed by atoms with Gasteiger partial charge in [0.2, 0.25) is 0 Å². The van der Waals surface area contributed by atoms with Crippen LogP contribution in [0.1, 0.15) is 57.0 Å². The molecule has 0 atom stereocenters. The van der Waals surface area contributed by atoms with Gasteiger partial charge in [0.1, 0.15) is 5.60 Å². The lowest BCUT2D eigenvalue weighted by Crippen LogP contribution is -2.35. The van der Waals surface area contributed by atoms with Crippen LogP contribution in [0.15, 0.2) is 18.2 Å². The van der Waals surface area contributed by atoms with Crippen LogP contribution in [0.2, 0.25) is 0 Å². The molecule has 0 aromatic heterocycles. The average Bonchev–Trinajstić information content (AvgIpc) is 2.57. The zero-order chi connectivity index (χ0) is 20.7. The fourth-order valence-electron chi connectivity index (χ4n) is 2.39. The summed E-state index contributed by atoms with van der Waals surface area (Å²) in [6.07, 6.45) is 0.337. The number of anilines is 1.